The molecule has 168 valence electrons. The molecular formula is C27H25ClN2O3. The lowest BCUT2D eigenvalue weighted by Crippen LogP contribution is -2.32. The fourth-order valence-electron chi connectivity index (χ4n) is 3.76. The molecule has 33 heavy (non-hydrogen) atoms. The van der Waals surface area contributed by atoms with Crippen LogP contribution in [0.15, 0.2) is 66.4 Å². The average Bonchev–Trinajstić information content (AvgIpc) is 3.03. The number of benzene rings is 3. The van der Waals surface area contributed by atoms with Gasteiger partial charge in [-0.2, -0.15) is 0 Å². The molecule has 0 saturated heterocycles. The molecule has 2 amide bonds. The number of carbonyl (C=O) groups excluding carboxylic acids is 2. The summed E-state index contributed by atoms with van der Waals surface area (Å²) in [5.74, 6) is -0.0917. The number of carbonyl (C=O) groups is 2. The molecule has 0 bridgehead atoms. The first-order chi connectivity index (χ1) is 15.8. The van der Waals surface area contributed by atoms with Crippen LogP contribution in [0.1, 0.15) is 29.2 Å². The van der Waals surface area contributed by atoms with Crippen LogP contribution in [0.3, 0.4) is 0 Å². The van der Waals surface area contributed by atoms with Crippen molar-refractivity contribution in [3.8, 4) is 5.75 Å². The molecular weight excluding hydrogens is 436 g/mol. The lowest BCUT2D eigenvalue weighted by molar-refractivity contribution is -0.120. The summed E-state index contributed by atoms with van der Waals surface area (Å²) in [6.07, 6.45) is 0. The molecule has 0 aromatic heterocycles. The Morgan fingerprint density at radius 2 is 1.55 bits per heavy atom. The third kappa shape index (κ3) is 4.37. The second-order valence-corrected chi connectivity index (χ2v) is 8.44. The van der Waals surface area contributed by atoms with Crippen molar-refractivity contribution in [2.24, 2.45) is 0 Å². The minimum atomic E-state index is -0.411. The summed E-state index contributed by atoms with van der Waals surface area (Å²) in [6, 6.07) is 18.1. The van der Waals surface area contributed by atoms with E-state index in [2.05, 4.69) is 5.32 Å². The largest absolute Gasteiger partial charge is 0.494 e. The van der Waals surface area contributed by atoms with Crippen LogP contribution >= 0.6 is 11.6 Å². The molecule has 3 aromatic carbocycles. The van der Waals surface area contributed by atoms with Crippen molar-refractivity contribution in [1.82, 2.24) is 0 Å². The molecule has 0 aliphatic carbocycles. The minimum absolute atomic E-state index is 0.216. The Labute approximate surface area is 198 Å². The molecule has 0 radical (unpaired) electrons. The molecule has 0 atom stereocenters. The quantitative estimate of drug-likeness (QED) is 0.454. The molecule has 0 saturated carbocycles. The highest BCUT2D eigenvalue weighted by Crippen LogP contribution is 2.35. The van der Waals surface area contributed by atoms with E-state index >= 15 is 0 Å². The Kier molecular flexibility index (Phi) is 6.25. The third-order valence-corrected chi connectivity index (χ3v) is 5.98. The number of nitrogens with one attached hydrogen (secondary N) is 1. The summed E-state index contributed by atoms with van der Waals surface area (Å²) in [5, 5.41) is 3.73. The van der Waals surface area contributed by atoms with Crippen LogP contribution in [0.25, 0.3) is 5.57 Å². The molecule has 4 rings (SSSR count). The number of aryl methyl sites for hydroxylation is 3. The summed E-state index contributed by atoms with van der Waals surface area (Å²) >= 11 is 6.19. The molecule has 1 heterocycles. The Bertz CT molecular complexity index is 1280. The van der Waals surface area contributed by atoms with E-state index in [9.17, 15) is 9.59 Å². The first-order valence-electron chi connectivity index (χ1n) is 10.8. The van der Waals surface area contributed by atoms with Gasteiger partial charge in [-0.3, -0.25) is 9.59 Å². The number of ether oxygens (including phenoxy) is 1. The van der Waals surface area contributed by atoms with Gasteiger partial charge < -0.3 is 10.1 Å². The van der Waals surface area contributed by atoms with E-state index < -0.39 is 5.91 Å². The standard InChI is InChI=1S/C27H25ClN2O3/c1-5-33-22-12-8-19(9-13-22)24-25(29-23-15-20(28)10-6-17(23)3)27(32)30(26(24)31)21-11-7-16(2)18(4)14-21/h6-15,29H,5H2,1-4H3. The molecule has 1 N–H and O–H groups in total. The van der Waals surface area contributed by atoms with Crippen LogP contribution < -0.4 is 15.0 Å². The van der Waals surface area contributed by atoms with E-state index in [0.29, 0.717) is 39.9 Å². The fourth-order valence-corrected chi connectivity index (χ4v) is 3.93. The summed E-state index contributed by atoms with van der Waals surface area (Å²) in [7, 11) is 0. The van der Waals surface area contributed by atoms with E-state index in [0.717, 1.165) is 16.7 Å². The smallest absolute Gasteiger partial charge is 0.282 e. The molecule has 0 fully saturated rings. The van der Waals surface area contributed by atoms with Crippen molar-refractivity contribution < 1.29 is 14.3 Å². The first-order valence-corrected chi connectivity index (χ1v) is 11.1. The Balaban J connectivity index is 1.83. The zero-order valence-corrected chi connectivity index (χ0v) is 19.8. The number of imide groups is 1. The first kappa shape index (κ1) is 22.6. The van der Waals surface area contributed by atoms with E-state index in [1.807, 2.05) is 45.9 Å². The van der Waals surface area contributed by atoms with Gasteiger partial charge in [-0.1, -0.05) is 35.9 Å². The van der Waals surface area contributed by atoms with Crippen LogP contribution in [0, 0.1) is 20.8 Å². The Hall–Kier alpha value is -3.57. The Morgan fingerprint density at radius 1 is 0.848 bits per heavy atom. The molecule has 6 heteroatoms. The molecule has 0 spiro atoms. The highest BCUT2D eigenvalue weighted by Gasteiger charge is 2.40. The summed E-state index contributed by atoms with van der Waals surface area (Å²) < 4.78 is 5.53. The summed E-state index contributed by atoms with van der Waals surface area (Å²) in [6.45, 7) is 8.32. The van der Waals surface area contributed by atoms with E-state index in [1.54, 1.807) is 42.5 Å². The summed E-state index contributed by atoms with van der Waals surface area (Å²) in [4.78, 5) is 28.4. The maximum absolute atomic E-state index is 13.6. The van der Waals surface area contributed by atoms with Gasteiger partial charge in [-0.25, -0.2) is 4.90 Å². The van der Waals surface area contributed by atoms with E-state index in [4.69, 9.17) is 16.3 Å². The van der Waals surface area contributed by atoms with Gasteiger partial charge in [0.1, 0.15) is 11.4 Å². The minimum Gasteiger partial charge on any atom is -0.494 e. The van der Waals surface area contributed by atoms with Gasteiger partial charge in [0.2, 0.25) is 0 Å². The SMILES string of the molecule is CCOc1ccc(C2=C(Nc3cc(Cl)ccc3C)C(=O)N(c3ccc(C)c(C)c3)C2=O)cc1. The van der Waals surface area contributed by atoms with E-state index in [-0.39, 0.29) is 11.6 Å². The fraction of sp³-hybridized carbons (Fsp3) is 0.185. The summed E-state index contributed by atoms with van der Waals surface area (Å²) in [5.41, 5.74) is 5.36. The molecule has 3 aromatic rings. The van der Waals surface area contributed by atoms with Crippen LogP contribution in [0.2, 0.25) is 5.02 Å². The zero-order valence-electron chi connectivity index (χ0n) is 19.0. The maximum atomic E-state index is 13.6. The lowest BCUT2D eigenvalue weighted by Gasteiger charge is -2.17. The van der Waals surface area contributed by atoms with Crippen molar-refractivity contribution >= 4 is 40.4 Å². The number of amides is 2. The number of nitrogens with zero attached hydrogens (tertiary/aromatic N) is 1. The van der Waals surface area contributed by atoms with Crippen LogP contribution in [0.5, 0.6) is 5.75 Å². The second kappa shape index (κ2) is 9.12. The highest BCUT2D eigenvalue weighted by molar-refractivity contribution is 6.46. The highest BCUT2D eigenvalue weighted by atomic mass is 35.5. The van der Waals surface area contributed by atoms with Crippen LogP contribution in [-0.2, 0) is 9.59 Å². The van der Waals surface area contributed by atoms with Gasteiger partial charge in [-0.05, 0) is 86.3 Å². The van der Waals surface area contributed by atoms with Crippen molar-refractivity contribution in [1.29, 1.82) is 0 Å². The van der Waals surface area contributed by atoms with Crippen molar-refractivity contribution in [3.05, 3.63) is 93.6 Å². The van der Waals surface area contributed by atoms with Crippen molar-refractivity contribution in [2.45, 2.75) is 27.7 Å². The van der Waals surface area contributed by atoms with Gasteiger partial charge in [0.05, 0.1) is 17.9 Å². The van der Waals surface area contributed by atoms with Gasteiger partial charge in [0, 0.05) is 10.7 Å². The normalized spacial score (nSPS) is 13.7. The average molecular weight is 461 g/mol. The van der Waals surface area contributed by atoms with Gasteiger partial charge in [0.25, 0.3) is 11.8 Å². The monoisotopic (exact) mass is 460 g/mol. The lowest BCUT2D eigenvalue weighted by atomic mass is 10.0. The molecule has 1 aliphatic heterocycles. The number of hydrogen-bond donors (Lipinski definition) is 1. The van der Waals surface area contributed by atoms with Crippen molar-refractivity contribution in [3.63, 3.8) is 0 Å². The molecule has 1 aliphatic rings. The van der Waals surface area contributed by atoms with E-state index in [1.165, 1.54) is 4.90 Å². The predicted octanol–water partition coefficient (Wildman–Crippen LogP) is 6.06. The third-order valence-electron chi connectivity index (χ3n) is 5.75. The van der Waals surface area contributed by atoms with Gasteiger partial charge >= 0.3 is 0 Å². The zero-order chi connectivity index (χ0) is 23.7. The van der Waals surface area contributed by atoms with Crippen molar-refractivity contribution in [2.75, 3.05) is 16.8 Å². The van der Waals surface area contributed by atoms with Gasteiger partial charge in [-0.15, -0.1) is 0 Å². The molecule has 0 unspecified atom stereocenters. The number of hydrogen-bond acceptors (Lipinski definition) is 4. The number of anilines is 2. The van der Waals surface area contributed by atoms with Crippen LogP contribution in [0.4, 0.5) is 11.4 Å². The predicted molar refractivity (Wildman–Crippen MR) is 133 cm³/mol. The van der Waals surface area contributed by atoms with Crippen LogP contribution in [-0.4, -0.2) is 18.4 Å². The Morgan fingerprint density at radius 3 is 2.21 bits per heavy atom. The maximum Gasteiger partial charge on any atom is 0.282 e. The number of rotatable bonds is 6. The van der Waals surface area contributed by atoms with Gasteiger partial charge in [0.15, 0.2) is 0 Å². The topological polar surface area (TPSA) is 58.6 Å². The molecule has 5 nitrogen and oxygen atoms in total. The second-order valence-electron chi connectivity index (χ2n) is 8.01. The number of halogens is 1.